The van der Waals surface area contributed by atoms with Gasteiger partial charge in [0.15, 0.2) is 14.1 Å². The van der Waals surface area contributed by atoms with Gasteiger partial charge in [-0.15, -0.1) is 0 Å². The van der Waals surface area contributed by atoms with Gasteiger partial charge in [-0.1, -0.05) is 54.6 Å². The number of ketones is 1. The second-order valence-electron chi connectivity index (χ2n) is 7.92. The maximum Gasteiger partial charge on any atom is 0.184 e. The summed E-state index contributed by atoms with van der Waals surface area (Å²) in [6, 6.07) is 18.3. The molecular weight excluding hydrogens is 312 g/mol. The zero-order valence-corrected chi connectivity index (χ0v) is 16.0. The summed E-state index contributed by atoms with van der Waals surface area (Å²) >= 11 is 0. The number of Topliss-reactive ketones (excluding diaryl/α,β-unsaturated/α-hetero) is 1. The molecule has 0 aliphatic heterocycles. The van der Waals surface area contributed by atoms with Gasteiger partial charge in [0.1, 0.15) is 0 Å². The van der Waals surface area contributed by atoms with Crippen molar-refractivity contribution in [2.24, 2.45) is 5.41 Å². The third kappa shape index (κ3) is 3.24. The number of aryl methyl sites for hydroxylation is 1. The van der Waals surface area contributed by atoms with E-state index in [-0.39, 0.29) is 11.9 Å². The molecule has 0 spiro atoms. The summed E-state index contributed by atoms with van der Waals surface area (Å²) in [6.45, 7) is 8.65. The fourth-order valence-electron chi connectivity index (χ4n) is 3.57. The molecule has 0 amide bonds. The van der Waals surface area contributed by atoms with Crippen molar-refractivity contribution in [3.05, 3.63) is 71.3 Å². The molecule has 2 aromatic rings. The molecule has 2 nitrogen and oxygen atoms in total. The Morgan fingerprint density at radius 3 is 2.29 bits per heavy atom. The fraction of sp³-hybridized carbons (Fsp3) is 0.381. The van der Waals surface area contributed by atoms with Crippen LogP contribution in [0.4, 0.5) is 0 Å². The molecule has 0 saturated carbocycles. The first-order chi connectivity index (χ1) is 11.3. The molecule has 0 aromatic heterocycles. The van der Waals surface area contributed by atoms with Crippen molar-refractivity contribution in [1.29, 1.82) is 0 Å². The second-order valence-corrected chi connectivity index (χ2v) is 12.4. The Morgan fingerprint density at radius 2 is 1.62 bits per heavy atom. The van der Waals surface area contributed by atoms with Crippen molar-refractivity contribution in [3.8, 4) is 0 Å². The minimum atomic E-state index is -1.81. The minimum Gasteiger partial charge on any atom is -0.410 e. The lowest BCUT2D eigenvalue weighted by molar-refractivity contribution is 0.0333. The Morgan fingerprint density at radius 1 is 1.00 bits per heavy atom. The van der Waals surface area contributed by atoms with Gasteiger partial charge in [-0.05, 0) is 50.5 Å². The molecule has 0 heterocycles. The molecule has 0 unspecified atom stereocenters. The zero-order valence-electron chi connectivity index (χ0n) is 15.0. The van der Waals surface area contributed by atoms with Crippen molar-refractivity contribution >= 4 is 14.1 Å². The average molecular weight is 339 g/mol. The van der Waals surface area contributed by atoms with E-state index in [1.54, 1.807) is 0 Å². The molecule has 0 bridgehead atoms. The smallest absolute Gasteiger partial charge is 0.184 e. The van der Waals surface area contributed by atoms with Crippen LogP contribution in [0.15, 0.2) is 54.6 Å². The molecule has 0 N–H and O–H groups in total. The maximum atomic E-state index is 13.4. The molecule has 2 atom stereocenters. The van der Waals surface area contributed by atoms with Crippen LogP contribution in [0.5, 0.6) is 0 Å². The summed E-state index contributed by atoms with van der Waals surface area (Å²) < 4.78 is 6.57. The van der Waals surface area contributed by atoms with Gasteiger partial charge >= 0.3 is 0 Å². The van der Waals surface area contributed by atoms with Crippen LogP contribution in [-0.4, -0.2) is 14.1 Å². The normalized spacial score (nSPS) is 22.1. The molecule has 3 rings (SSSR count). The van der Waals surface area contributed by atoms with Gasteiger partial charge in [-0.2, -0.15) is 0 Å². The highest BCUT2D eigenvalue weighted by Crippen LogP contribution is 2.47. The third-order valence-corrected chi connectivity index (χ3v) is 5.79. The summed E-state index contributed by atoms with van der Waals surface area (Å²) in [4.78, 5) is 13.4. The molecule has 3 heteroatoms. The molecule has 2 aromatic carbocycles. The van der Waals surface area contributed by atoms with Crippen molar-refractivity contribution in [1.82, 2.24) is 0 Å². The molecule has 1 aliphatic carbocycles. The monoisotopic (exact) mass is 338 g/mol. The lowest BCUT2D eigenvalue weighted by Gasteiger charge is -2.42. The highest BCUT2D eigenvalue weighted by molar-refractivity contribution is 6.69. The van der Waals surface area contributed by atoms with Crippen LogP contribution in [0.3, 0.4) is 0 Å². The Hall–Kier alpha value is -1.71. The van der Waals surface area contributed by atoms with Gasteiger partial charge in [0.25, 0.3) is 0 Å². The van der Waals surface area contributed by atoms with Crippen molar-refractivity contribution in [2.45, 2.75) is 45.5 Å². The van der Waals surface area contributed by atoms with Crippen molar-refractivity contribution in [2.75, 3.05) is 0 Å². The van der Waals surface area contributed by atoms with Crippen molar-refractivity contribution in [3.63, 3.8) is 0 Å². The molecule has 0 saturated heterocycles. The minimum absolute atomic E-state index is 0.189. The number of carbonyl (C=O) groups is 1. The van der Waals surface area contributed by atoms with Crippen LogP contribution in [0.25, 0.3) is 0 Å². The number of carbonyl (C=O) groups excluding carboxylic acids is 1. The average Bonchev–Trinajstić information content (AvgIpc) is 2.56. The van der Waals surface area contributed by atoms with Crippen LogP contribution in [-0.2, 0) is 10.8 Å². The summed E-state index contributed by atoms with van der Waals surface area (Å²) in [7, 11) is -1.81. The first kappa shape index (κ1) is 17.1. The van der Waals surface area contributed by atoms with Gasteiger partial charge in [0.2, 0.25) is 0 Å². The lowest BCUT2D eigenvalue weighted by Crippen LogP contribution is -2.43. The summed E-state index contributed by atoms with van der Waals surface area (Å²) in [6.07, 6.45) is 1.56. The Balaban J connectivity index is 2.06. The van der Waals surface area contributed by atoms with Gasteiger partial charge in [-0.25, -0.2) is 0 Å². The maximum absolute atomic E-state index is 13.4. The van der Waals surface area contributed by atoms with Gasteiger partial charge in [0.05, 0.1) is 11.5 Å². The van der Waals surface area contributed by atoms with E-state index in [4.69, 9.17) is 4.43 Å². The van der Waals surface area contributed by atoms with Crippen LogP contribution in [0.2, 0.25) is 19.6 Å². The summed E-state index contributed by atoms with van der Waals surface area (Å²) in [5.41, 5.74) is 2.62. The highest BCUT2D eigenvalue weighted by atomic mass is 28.4. The zero-order chi connectivity index (χ0) is 17.4. The number of rotatable bonds is 4. The lowest BCUT2D eigenvalue weighted by atomic mass is 9.67. The van der Waals surface area contributed by atoms with Crippen LogP contribution < -0.4 is 0 Å². The fourth-order valence-corrected chi connectivity index (χ4v) is 4.68. The van der Waals surface area contributed by atoms with Crippen LogP contribution in [0, 0.1) is 5.41 Å². The van der Waals surface area contributed by atoms with E-state index < -0.39 is 13.7 Å². The van der Waals surface area contributed by atoms with E-state index in [0.29, 0.717) is 0 Å². The number of hydrogen-bond donors (Lipinski definition) is 0. The van der Waals surface area contributed by atoms with E-state index in [0.717, 1.165) is 24.0 Å². The quantitative estimate of drug-likeness (QED) is 0.696. The number of hydrogen-bond acceptors (Lipinski definition) is 2. The molecule has 24 heavy (non-hydrogen) atoms. The van der Waals surface area contributed by atoms with Crippen molar-refractivity contribution < 1.29 is 9.22 Å². The first-order valence-electron chi connectivity index (χ1n) is 8.67. The second kappa shape index (κ2) is 6.30. The SMILES string of the molecule is C[C@]1([C@H](O[Si](C)(C)C)c2ccccc2)CCc2ccccc2C1=O. The predicted octanol–water partition coefficient (Wildman–Crippen LogP) is 5.41. The van der Waals surface area contributed by atoms with Gasteiger partial charge in [-0.3, -0.25) is 4.79 Å². The highest BCUT2D eigenvalue weighted by Gasteiger charge is 2.47. The predicted molar refractivity (Wildman–Crippen MR) is 101 cm³/mol. The Bertz CT molecular complexity index is 733. The van der Waals surface area contributed by atoms with E-state index in [2.05, 4.69) is 44.8 Å². The third-order valence-electron chi connectivity index (χ3n) is 4.85. The Labute approximate surface area is 146 Å². The molecular formula is C21H26O2Si. The standard InChI is InChI=1S/C21H26O2Si/c1-21(15-14-16-10-8-9-13-18(16)19(21)22)20(23-24(2,3)4)17-11-6-5-7-12-17/h5-13,20H,14-15H2,1-4H3/t20-,21+/m1/s1. The van der Waals surface area contributed by atoms with Crippen LogP contribution >= 0.6 is 0 Å². The van der Waals surface area contributed by atoms with Gasteiger partial charge < -0.3 is 4.43 Å². The molecule has 1 aliphatic rings. The molecule has 0 radical (unpaired) electrons. The van der Waals surface area contributed by atoms with E-state index in [1.165, 1.54) is 5.56 Å². The summed E-state index contributed by atoms with van der Waals surface area (Å²) in [5, 5.41) is 0. The number of fused-ring (bicyclic) bond motifs is 1. The first-order valence-corrected chi connectivity index (χ1v) is 12.1. The molecule has 0 fully saturated rings. The van der Waals surface area contributed by atoms with Gasteiger partial charge in [0, 0.05) is 5.56 Å². The topological polar surface area (TPSA) is 26.3 Å². The molecule has 126 valence electrons. The Kier molecular flexibility index (Phi) is 4.50. The van der Waals surface area contributed by atoms with E-state index in [1.807, 2.05) is 36.4 Å². The van der Waals surface area contributed by atoms with E-state index >= 15 is 0 Å². The largest absolute Gasteiger partial charge is 0.410 e. The summed E-state index contributed by atoms with van der Waals surface area (Å²) in [5.74, 6) is 0.219. The van der Waals surface area contributed by atoms with E-state index in [9.17, 15) is 4.79 Å². The number of benzene rings is 2. The van der Waals surface area contributed by atoms with Crippen LogP contribution in [0.1, 0.15) is 40.9 Å².